The van der Waals surface area contributed by atoms with E-state index in [1.165, 1.54) is 15.6 Å². The molecule has 1 aromatic rings. The first kappa shape index (κ1) is 12.0. The maximum absolute atomic E-state index is 12.1. The van der Waals surface area contributed by atoms with Crippen molar-refractivity contribution in [2.75, 3.05) is 20.1 Å². The molecule has 0 aromatic carbocycles. The fraction of sp³-hybridized carbons (Fsp3) is 0.667. The van der Waals surface area contributed by atoms with Crippen LogP contribution in [0.25, 0.3) is 0 Å². The normalized spacial score (nSPS) is 18.4. The van der Waals surface area contributed by atoms with E-state index in [9.17, 15) is 8.42 Å². The van der Waals surface area contributed by atoms with Crippen molar-refractivity contribution >= 4 is 21.5 Å². The Balaban J connectivity index is 2.05. The summed E-state index contributed by atoms with van der Waals surface area (Å²) in [7, 11) is -1.68. The van der Waals surface area contributed by atoms with E-state index >= 15 is 0 Å². The fourth-order valence-electron chi connectivity index (χ4n) is 1.74. The van der Waals surface area contributed by atoms with Crippen molar-refractivity contribution in [2.45, 2.75) is 19.4 Å². The van der Waals surface area contributed by atoms with Crippen molar-refractivity contribution in [3.63, 3.8) is 0 Å². The zero-order valence-corrected chi connectivity index (χ0v) is 10.8. The van der Waals surface area contributed by atoms with Crippen molar-refractivity contribution in [2.24, 2.45) is 0 Å². The van der Waals surface area contributed by atoms with Crippen LogP contribution in [0.4, 0.5) is 0 Å². The van der Waals surface area contributed by atoms with Crippen molar-refractivity contribution in [3.05, 3.63) is 16.6 Å². The number of nitrogens with zero attached hydrogens (tertiary/aromatic N) is 3. The summed E-state index contributed by atoms with van der Waals surface area (Å²) in [5.41, 5.74) is 2.52. The molecule has 0 amide bonds. The Morgan fingerprint density at radius 3 is 2.75 bits per heavy atom. The Labute approximate surface area is 99.9 Å². The van der Waals surface area contributed by atoms with Crippen molar-refractivity contribution in [3.8, 4) is 0 Å². The van der Waals surface area contributed by atoms with Crippen LogP contribution in [-0.2, 0) is 16.8 Å². The van der Waals surface area contributed by atoms with Gasteiger partial charge in [-0.3, -0.25) is 0 Å². The van der Waals surface area contributed by atoms with Gasteiger partial charge in [-0.25, -0.2) is 4.98 Å². The van der Waals surface area contributed by atoms with Gasteiger partial charge in [0, 0.05) is 25.5 Å². The van der Waals surface area contributed by atoms with Gasteiger partial charge in [0.25, 0.3) is 10.2 Å². The van der Waals surface area contributed by atoms with Gasteiger partial charge in [-0.1, -0.05) is 0 Å². The van der Waals surface area contributed by atoms with Gasteiger partial charge in [-0.2, -0.15) is 17.0 Å². The summed E-state index contributed by atoms with van der Waals surface area (Å²) in [5.74, 6) is 0. The first-order chi connectivity index (χ1) is 7.60. The van der Waals surface area contributed by atoms with Crippen molar-refractivity contribution in [1.29, 1.82) is 0 Å². The first-order valence-corrected chi connectivity index (χ1v) is 7.53. The summed E-state index contributed by atoms with van der Waals surface area (Å²) in [6.07, 6.45) is 1.92. The first-order valence-electron chi connectivity index (χ1n) is 5.19. The lowest BCUT2D eigenvalue weighted by molar-refractivity contribution is 0.390. The van der Waals surface area contributed by atoms with Crippen LogP contribution in [0.15, 0.2) is 10.9 Å². The second-order valence-corrected chi connectivity index (χ2v) is 6.60. The third kappa shape index (κ3) is 2.42. The molecule has 0 spiro atoms. The van der Waals surface area contributed by atoms with E-state index in [0.29, 0.717) is 19.6 Å². The van der Waals surface area contributed by atoms with E-state index in [1.54, 1.807) is 16.9 Å². The van der Waals surface area contributed by atoms with Crippen LogP contribution in [-0.4, -0.2) is 42.1 Å². The average molecular weight is 261 g/mol. The Morgan fingerprint density at radius 1 is 1.50 bits per heavy atom. The van der Waals surface area contributed by atoms with E-state index in [2.05, 4.69) is 4.98 Å². The average Bonchev–Trinajstić information content (AvgIpc) is 2.89. The highest BCUT2D eigenvalue weighted by Crippen LogP contribution is 2.17. The van der Waals surface area contributed by atoms with Gasteiger partial charge in [0.05, 0.1) is 17.7 Å². The summed E-state index contributed by atoms with van der Waals surface area (Å²) in [6, 6.07) is 0. The minimum Gasteiger partial charge on any atom is -0.248 e. The Kier molecular flexibility index (Phi) is 3.58. The molecule has 0 aliphatic carbocycles. The highest BCUT2D eigenvalue weighted by molar-refractivity contribution is 7.86. The molecular weight excluding hydrogens is 246 g/mol. The smallest absolute Gasteiger partial charge is 0.248 e. The summed E-state index contributed by atoms with van der Waals surface area (Å²) in [4.78, 5) is 4.09. The standard InChI is InChI=1S/C9H15N3O2S2/c1-11(6-9-7-15-8-10-9)16(13,14)12-4-2-3-5-12/h7-8H,2-6H2,1H3. The molecule has 1 aliphatic heterocycles. The SMILES string of the molecule is CN(Cc1cscn1)S(=O)(=O)N1CCCC1. The van der Waals surface area contributed by atoms with Crippen LogP contribution in [0.3, 0.4) is 0 Å². The van der Waals surface area contributed by atoms with Gasteiger partial charge >= 0.3 is 0 Å². The van der Waals surface area contributed by atoms with Crippen LogP contribution in [0.5, 0.6) is 0 Å². The summed E-state index contributed by atoms with van der Waals surface area (Å²) in [6.45, 7) is 1.63. The highest BCUT2D eigenvalue weighted by atomic mass is 32.2. The molecule has 2 heterocycles. The lowest BCUT2D eigenvalue weighted by atomic mass is 10.4. The van der Waals surface area contributed by atoms with Crippen LogP contribution in [0.2, 0.25) is 0 Å². The molecule has 1 saturated heterocycles. The molecule has 90 valence electrons. The van der Waals surface area contributed by atoms with Crippen LogP contribution >= 0.6 is 11.3 Å². The molecule has 16 heavy (non-hydrogen) atoms. The number of hydrogen-bond acceptors (Lipinski definition) is 4. The van der Waals surface area contributed by atoms with Gasteiger partial charge < -0.3 is 0 Å². The van der Waals surface area contributed by atoms with E-state index in [4.69, 9.17) is 0 Å². The van der Waals surface area contributed by atoms with Gasteiger partial charge in [0.1, 0.15) is 0 Å². The van der Waals surface area contributed by atoms with Gasteiger partial charge in [0.15, 0.2) is 0 Å². The Morgan fingerprint density at radius 2 is 2.19 bits per heavy atom. The van der Waals surface area contributed by atoms with Gasteiger partial charge in [0.2, 0.25) is 0 Å². The molecule has 1 fully saturated rings. The van der Waals surface area contributed by atoms with E-state index in [1.807, 2.05) is 5.38 Å². The molecule has 5 nitrogen and oxygen atoms in total. The number of hydrogen-bond donors (Lipinski definition) is 0. The summed E-state index contributed by atoms with van der Waals surface area (Å²) < 4.78 is 27.1. The third-order valence-corrected chi connectivity index (χ3v) is 5.22. The highest BCUT2D eigenvalue weighted by Gasteiger charge is 2.29. The minimum atomic E-state index is -3.28. The largest absolute Gasteiger partial charge is 0.282 e. The van der Waals surface area contributed by atoms with E-state index in [-0.39, 0.29) is 0 Å². The molecule has 1 aromatic heterocycles. The molecule has 0 saturated carbocycles. The monoisotopic (exact) mass is 261 g/mol. The Bertz CT molecular complexity index is 424. The summed E-state index contributed by atoms with van der Waals surface area (Å²) >= 11 is 1.48. The lowest BCUT2D eigenvalue weighted by Gasteiger charge is -2.22. The van der Waals surface area contributed by atoms with E-state index < -0.39 is 10.2 Å². The van der Waals surface area contributed by atoms with Crippen LogP contribution in [0, 0.1) is 0 Å². The quantitative estimate of drug-likeness (QED) is 0.809. The topological polar surface area (TPSA) is 53.5 Å². The molecule has 1 aliphatic rings. The molecule has 2 rings (SSSR count). The molecule has 0 bridgehead atoms. The lowest BCUT2D eigenvalue weighted by Crippen LogP contribution is -2.39. The second-order valence-electron chi connectivity index (χ2n) is 3.85. The van der Waals surface area contributed by atoms with Gasteiger partial charge in [-0.15, -0.1) is 11.3 Å². The molecule has 7 heteroatoms. The van der Waals surface area contributed by atoms with Gasteiger partial charge in [-0.05, 0) is 12.8 Å². The summed E-state index contributed by atoms with van der Waals surface area (Å²) in [5, 5.41) is 1.87. The number of thiazole rings is 1. The molecule has 0 unspecified atom stereocenters. The maximum atomic E-state index is 12.1. The predicted octanol–water partition coefficient (Wildman–Crippen LogP) is 0.916. The van der Waals surface area contributed by atoms with Crippen molar-refractivity contribution in [1.82, 2.24) is 13.6 Å². The van der Waals surface area contributed by atoms with E-state index in [0.717, 1.165) is 18.5 Å². The fourth-order valence-corrected chi connectivity index (χ4v) is 3.70. The number of rotatable bonds is 4. The molecule has 0 N–H and O–H groups in total. The zero-order valence-electron chi connectivity index (χ0n) is 9.16. The minimum absolute atomic E-state index is 0.350. The predicted molar refractivity (Wildman–Crippen MR) is 63.3 cm³/mol. The van der Waals surface area contributed by atoms with Crippen LogP contribution < -0.4 is 0 Å². The van der Waals surface area contributed by atoms with Crippen molar-refractivity contribution < 1.29 is 8.42 Å². The number of aromatic nitrogens is 1. The molecular formula is C9H15N3O2S2. The molecule has 0 radical (unpaired) electrons. The maximum Gasteiger partial charge on any atom is 0.282 e. The zero-order chi connectivity index (χ0) is 11.6. The third-order valence-electron chi connectivity index (χ3n) is 2.65. The molecule has 0 atom stereocenters. The Hall–Kier alpha value is -0.500. The van der Waals surface area contributed by atoms with Crippen LogP contribution in [0.1, 0.15) is 18.5 Å². The second kappa shape index (κ2) is 4.79.